The van der Waals surface area contributed by atoms with E-state index in [0.717, 1.165) is 5.75 Å². The number of carbonyl (C=O) groups is 1. The molecular formula is C19H23FN2O3. The van der Waals surface area contributed by atoms with Gasteiger partial charge < -0.3 is 20.5 Å². The predicted molar refractivity (Wildman–Crippen MR) is 95.1 cm³/mol. The van der Waals surface area contributed by atoms with Crippen molar-refractivity contribution < 1.29 is 19.0 Å². The van der Waals surface area contributed by atoms with E-state index >= 15 is 0 Å². The molecule has 1 atom stereocenters. The van der Waals surface area contributed by atoms with E-state index in [0.29, 0.717) is 11.3 Å². The molecule has 2 aromatic carbocycles. The number of carbonyl (C=O) groups excluding carboxylic acids is 1. The van der Waals surface area contributed by atoms with Gasteiger partial charge in [0.25, 0.3) is 0 Å². The van der Waals surface area contributed by atoms with Crippen LogP contribution >= 0.6 is 0 Å². The van der Waals surface area contributed by atoms with Crippen LogP contribution in [0.3, 0.4) is 0 Å². The van der Waals surface area contributed by atoms with Crippen LogP contribution in [0.4, 0.5) is 10.1 Å². The molecule has 0 saturated heterocycles. The maximum absolute atomic E-state index is 13.0. The fraction of sp³-hybridized carbons (Fsp3) is 0.316. The number of anilines is 1. The molecule has 6 heteroatoms. The van der Waals surface area contributed by atoms with Crippen LogP contribution in [0.5, 0.6) is 5.75 Å². The molecule has 3 N–H and O–H groups in total. The van der Waals surface area contributed by atoms with Gasteiger partial charge in [-0.25, -0.2) is 4.39 Å². The van der Waals surface area contributed by atoms with Gasteiger partial charge in [0.05, 0.1) is 18.8 Å². The van der Waals surface area contributed by atoms with Crippen molar-refractivity contribution in [3.63, 3.8) is 0 Å². The highest BCUT2D eigenvalue weighted by Gasteiger charge is 2.10. The Balaban J connectivity index is 1.76. The summed E-state index contributed by atoms with van der Waals surface area (Å²) in [5.74, 6) is 0.0723. The summed E-state index contributed by atoms with van der Waals surface area (Å²) in [6.45, 7) is 3.97. The van der Waals surface area contributed by atoms with Crippen LogP contribution < -0.4 is 15.4 Å². The number of aliphatic hydroxyl groups is 1. The fourth-order valence-electron chi connectivity index (χ4n) is 2.21. The molecule has 0 aliphatic heterocycles. The molecule has 1 amide bonds. The highest BCUT2D eigenvalue weighted by Crippen LogP contribution is 2.18. The highest BCUT2D eigenvalue weighted by atomic mass is 19.1. The Morgan fingerprint density at radius 3 is 2.56 bits per heavy atom. The second kappa shape index (κ2) is 9.03. The Labute approximate surface area is 146 Å². The monoisotopic (exact) mass is 346 g/mol. The molecule has 0 spiro atoms. The molecule has 0 aromatic heterocycles. The number of amides is 1. The van der Waals surface area contributed by atoms with Crippen LogP contribution in [0.1, 0.15) is 25.5 Å². The normalized spacial score (nSPS) is 11.9. The van der Waals surface area contributed by atoms with Crippen molar-refractivity contribution >= 4 is 11.6 Å². The minimum absolute atomic E-state index is 0.00264. The number of nitrogens with one attached hydrogen (secondary N) is 2. The first-order valence-corrected chi connectivity index (χ1v) is 8.15. The zero-order valence-corrected chi connectivity index (χ0v) is 14.3. The molecule has 0 bridgehead atoms. The molecule has 25 heavy (non-hydrogen) atoms. The molecule has 0 fully saturated rings. The van der Waals surface area contributed by atoms with Crippen LogP contribution in [0.25, 0.3) is 0 Å². The second-order valence-electron chi connectivity index (χ2n) is 5.92. The molecule has 2 aromatic rings. The van der Waals surface area contributed by atoms with Crippen molar-refractivity contribution in [2.45, 2.75) is 26.1 Å². The van der Waals surface area contributed by atoms with Gasteiger partial charge in [-0.05, 0) is 49.7 Å². The fourth-order valence-corrected chi connectivity index (χ4v) is 2.21. The summed E-state index contributed by atoms with van der Waals surface area (Å²) < 4.78 is 18.6. The van der Waals surface area contributed by atoms with E-state index in [1.54, 1.807) is 36.4 Å². The van der Waals surface area contributed by atoms with E-state index in [-0.39, 0.29) is 30.9 Å². The first kappa shape index (κ1) is 18.7. The number of rotatable bonds is 8. The third kappa shape index (κ3) is 6.43. The van der Waals surface area contributed by atoms with E-state index in [1.165, 1.54) is 12.1 Å². The third-order valence-corrected chi connectivity index (χ3v) is 3.41. The summed E-state index contributed by atoms with van der Waals surface area (Å²) >= 11 is 0. The standard InChI is InChI=1S/C19H23FN2O3/c1-13(2)25-17-8-6-14(7-9-17)18(23)11-22-19(24)12-21-16-5-3-4-15(20)10-16/h3-10,13,18,21,23H,11-12H2,1-2H3,(H,22,24). The average molecular weight is 346 g/mol. The maximum atomic E-state index is 13.0. The largest absolute Gasteiger partial charge is 0.491 e. The maximum Gasteiger partial charge on any atom is 0.239 e. The van der Waals surface area contributed by atoms with E-state index in [9.17, 15) is 14.3 Å². The van der Waals surface area contributed by atoms with Gasteiger partial charge in [-0.1, -0.05) is 18.2 Å². The Morgan fingerprint density at radius 1 is 1.20 bits per heavy atom. The van der Waals surface area contributed by atoms with E-state index in [4.69, 9.17) is 4.74 Å². The molecule has 2 rings (SSSR count). The average Bonchev–Trinajstić information content (AvgIpc) is 2.58. The van der Waals surface area contributed by atoms with Crippen molar-refractivity contribution in [3.8, 4) is 5.75 Å². The molecule has 0 aliphatic carbocycles. The van der Waals surface area contributed by atoms with Gasteiger partial charge in [-0.15, -0.1) is 0 Å². The lowest BCUT2D eigenvalue weighted by atomic mass is 10.1. The van der Waals surface area contributed by atoms with Crippen molar-refractivity contribution in [2.75, 3.05) is 18.4 Å². The topological polar surface area (TPSA) is 70.6 Å². The number of ether oxygens (including phenoxy) is 1. The lowest BCUT2D eigenvalue weighted by Crippen LogP contribution is -2.33. The van der Waals surface area contributed by atoms with Crippen molar-refractivity contribution in [1.82, 2.24) is 5.32 Å². The van der Waals surface area contributed by atoms with Gasteiger partial charge in [0.15, 0.2) is 0 Å². The first-order chi connectivity index (χ1) is 11.9. The van der Waals surface area contributed by atoms with Crippen molar-refractivity contribution in [1.29, 1.82) is 0 Å². The molecule has 0 radical (unpaired) electrons. The molecule has 0 aliphatic rings. The van der Waals surface area contributed by atoms with Crippen molar-refractivity contribution in [3.05, 3.63) is 59.9 Å². The van der Waals surface area contributed by atoms with Gasteiger partial charge in [0.1, 0.15) is 11.6 Å². The number of halogens is 1. The van der Waals surface area contributed by atoms with Gasteiger partial charge in [0, 0.05) is 12.2 Å². The highest BCUT2D eigenvalue weighted by molar-refractivity contribution is 5.80. The summed E-state index contributed by atoms with van der Waals surface area (Å²) in [5.41, 5.74) is 1.21. The Bertz CT molecular complexity index is 689. The van der Waals surface area contributed by atoms with Crippen molar-refractivity contribution in [2.24, 2.45) is 0 Å². The number of hydrogen-bond donors (Lipinski definition) is 3. The predicted octanol–water partition coefficient (Wildman–Crippen LogP) is 2.87. The Kier molecular flexibility index (Phi) is 6.77. The summed E-state index contributed by atoms with van der Waals surface area (Å²) in [6.07, 6.45) is -0.730. The number of hydrogen-bond acceptors (Lipinski definition) is 4. The van der Waals surface area contributed by atoms with Crippen LogP contribution in [0.2, 0.25) is 0 Å². The Morgan fingerprint density at radius 2 is 1.92 bits per heavy atom. The van der Waals surface area contributed by atoms with Gasteiger partial charge in [0.2, 0.25) is 5.91 Å². The first-order valence-electron chi connectivity index (χ1n) is 8.15. The molecule has 5 nitrogen and oxygen atoms in total. The van der Waals surface area contributed by atoms with Crippen LogP contribution in [-0.4, -0.2) is 30.2 Å². The van der Waals surface area contributed by atoms with Gasteiger partial charge >= 0.3 is 0 Å². The summed E-state index contributed by atoms with van der Waals surface area (Å²) in [7, 11) is 0. The smallest absolute Gasteiger partial charge is 0.239 e. The molecular weight excluding hydrogens is 323 g/mol. The van der Waals surface area contributed by atoms with E-state index in [1.807, 2.05) is 13.8 Å². The summed E-state index contributed by atoms with van der Waals surface area (Å²) in [4.78, 5) is 11.8. The lowest BCUT2D eigenvalue weighted by molar-refractivity contribution is -0.119. The molecule has 134 valence electrons. The number of aliphatic hydroxyl groups excluding tert-OH is 1. The zero-order chi connectivity index (χ0) is 18.2. The van der Waals surface area contributed by atoms with Gasteiger partial charge in [-0.2, -0.15) is 0 Å². The summed E-state index contributed by atoms with van der Waals surface area (Å²) in [5, 5.41) is 15.6. The van der Waals surface area contributed by atoms with E-state index < -0.39 is 6.10 Å². The minimum Gasteiger partial charge on any atom is -0.491 e. The number of benzene rings is 2. The third-order valence-electron chi connectivity index (χ3n) is 3.41. The zero-order valence-electron chi connectivity index (χ0n) is 14.3. The summed E-state index contributed by atoms with van der Waals surface area (Å²) in [6, 6.07) is 13.0. The molecule has 0 saturated carbocycles. The van der Waals surface area contributed by atoms with Gasteiger partial charge in [-0.3, -0.25) is 4.79 Å². The quantitative estimate of drug-likeness (QED) is 0.687. The Hall–Kier alpha value is -2.60. The molecule has 1 unspecified atom stereocenters. The lowest BCUT2D eigenvalue weighted by Gasteiger charge is -2.14. The van der Waals surface area contributed by atoms with Crippen LogP contribution in [-0.2, 0) is 4.79 Å². The minimum atomic E-state index is -0.814. The molecule has 0 heterocycles. The van der Waals surface area contributed by atoms with Crippen LogP contribution in [0, 0.1) is 5.82 Å². The van der Waals surface area contributed by atoms with Crippen LogP contribution in [0.15, 0.2) is 48.5 Å². The second-order valence-corrected chi connectivity index (χ2v) is 5.92. The van der Waals surface area contributed by atoms with E-state index in [2.05, 4.69) is 10.6 Å². The SMILES string of the molecule is CC(C)Oc1ccc(C(O)CNC(=O)CNc2cccc(F)c2)cc1.